The largest absolute Gasteiger partial charge is 0.363 e. The van der Waals surface area contributed by atoms with Crippen molar-refractivity contribution in [2.45, 2.75) is 104 Å². The first-order valence-electron chi connectivity index (χ1n) is 12.9. The van der Waals surface area contributed by atoms with Gasteiger partial charge in [-0.05, 0) is 47.8 Å². The molecule has 0 aromatic heterocycles. The zero-order valence-electron chi connectivity index (χ0n) is 21.4. The Hall–Kier alpha value is -1.96. The number of nitrogens with two attached hydrogens (primary N) is 2. The molecule has 8 nitrogen and oxygen atoms in total. The molecule has 1 saturated heterocycles. The van der Waals surface area contributed by atoms with Crippen molar-refractivity contribution >= 4 is 23.5 Å². The number of carbonyl (C=O) groups excluding carboxylic acids is 4. The molecule has 1 unspecified atom stereocenters. The van der Waals surface area contributed by atoms with Gasteiger partial charge in [-0.1, -0.05) is 60.3 Å². The van der Waals surface area contributed by atoms with Gasteiger partial charge in [0.2, 0.25) is 17.6 Å². The first-order valence-corrected chi connectivity index (χ1v) is 12.9. The summed E-state index contributed by atoms with van der Waals surface area (Å²) in [5.41, 5.74) is 11.3. The molecule has 2 spiro atoms. The summed E-state index contributed by atoms with van der Waals surface area (Å²) in [6.45, 7) is 10.8. The molecule has 0 radical (unpaired) electrons. The summed E-state index contributed by atoms with van der Waals surface area (Å²) >= 11 is 0. The molecule has 8 heteroatoms. The molecule has 4 fully saturated rings. The van der Waals surface area contributed by atoms with Gasteiger partial charge in [-0.3, -0.25) is 19.2 Å². The highest BCUT2D eigenvalue weighted by molar-refractivity contribution is 6.37. The number of hydrogen-bond acceptors (Lipinski definition) is 5. The number of carbonyl (C=O) groups is 4. The third-order valence-corrected chi connectivity index (χ3v) is 10.3. The van der Waals surface area contributed by atoms with E-state index < -0.39 is 35.2 Å². The van der Waals surface area contributed by atoms with E-state index in [-0.39, 0.29) is 28.1 Å². The van der Waals surface area contributed by atoms with Crippen LogP contribution in [0.5, 0.6) is 0 Å². The summed E-state index contributed by atoms with van der Waals surface area (Å²) in [7, 11) is 0. The Morgan fingerprint density at radius 3 is 2.09 bits per heavy atom. The van der Waals surface area contributed by atoms with E-state index in [1.807, 2.05) is 20.8 Å². The van der Waals surface area contributed by atoms with Crippen LogP contribution in [0.3, 0.4) is 0 Å². The molecule has 0 bridgehead atoms. The van der Waals surface area contributed by atoms with Crippen molar-refractivity contribution < 1.29 is 19.2 Å². The predicted octanol–water partition coefficient (Wildman–Crippen LogP) is 1.89. The molecule has 0 aromatic carbocycles. The smallest absolute Gasteiger partial charge is 0.287 e. The standard InChI is InChI=1S/C26H42N4O4/c1-23(2,3)19(27)22(34)30-14-26(24(4,5)25(26)10-7-11-25)13-17(30)21(33)29-16(18(31)20(28)32)12-15-8-6-9-15/h15-17,19H,6-14,27H2,1-5H3,(H2,28,32)(H,29,33)/t16?,17-,19+,26+/m0/s1. The van der Waals surface area contributed by atoms with Crippen molar-refractivity contribution in [2.75, 3.05) is 6.54 Å². The van der Waals surface area contributed by atoms with Crippen LogP contribution in [0.15, 0.2) is 0 Å². The second-order valence-electron chi connectivity index (χ2n) is 13.0. The Bertz CT molecular complexity index is 899. The van der Waals surface area contributed by atoms with Gasteiger partial charge in [-0.25, -0.2) is 0 Å². The maximum absolute atomic E-state index is 13.7. The van der Waals surface area contributed by atoms with Crippen molar-refractivity contribution in [1.82, 2.24) is 10.2 Å². The maximum Gasteiger partial charge on any atom is 0.287 e. The summed E-state index contributed by atoms with van der Waals surface area (Å²) in [4.78, 5) is 53.1. The van der Waals surface area contributed by atoms with Gasteiger partial charge in [0, 0.05) is 12.0 Å². The number of hydrogen-bond donors (Lipinski definition) is 3. The SMILES string of the molecule is CC(C)(C)[C@H](N)C(=O)N1C[C@]2(C[C@H]1C(=O)NC(CC1CCC1)C(=O)C(N)=O)C(C)(C)C21CCC1. The van der Waals surface area contributed by atoms with Gasteiger partial charge in [-0.2, -0.15) is 0 Å². The molecular formula is C26H42N4O4. The lowest BCUT2D eigenvalue weighted by Crippen LogP contribution is -2.57. The molecule has 3 aliphatic carbocycles. The summed E-state index contributed by atoms with van der Waals surface area (Å²) in [6, 6.07) is -2.38. The summed E-state index contributed by atoms with van der Waals surface area (Å²) in [5, 5.41) is 2.83. The van der Waals surface area contributed by atoms with Crippen molar-refractivity contribution in [3.8, 4) is 0 Å². The van der Waals surface area contributed by atoms with Crippen LogP contribution in [0.2, 0.25) is 0 Å². The van der Waals surface area contributed by atoms with Crippen LogP contribution in [0.1, 0.15) is 86.0 Å². The fraction of sp³-hybridized carbons (Fsp3) is 0.846. The molecule has 5 N–H and O–H groups in total. The Balaban J connectivity index is 1.60. The van der Waals surface area contributed by atoms with E-state index in [4.69, 9.17) is 11.5 Å². The fourth-order valence-corrected chi connectivity index (χ4v) is 7.35. The summed E-state index contributed by atoms with van der Waals surface area (Å²) in [6.07, 6.45) is 7.43. The predicted molar refractivity (Wildman–Crippen MR) is 128 cm³/mol. The number of nitrogens with one attached hydrogen (secondary N) is 1. The van der Waals surface area contributed by atoms with Crippen LogP contribution in [-0.4, -0.2) is 53.1 Å². The van der Waals surface area contributed by atoms with Crippen LogP contribution in [0.4, 0.5) is 0 Å². The molecule has 4 atom stereocenters. The highest BCUT2D eigenvalue weighted by atomic mass is 16.2. The van der Waals surface area contributed by atoms with Crippen LogP contribution in [-0.2, 0) is 19.2 Å². The minimum atomic E-state index is -1.04. The zero-order valence-corrected chi connectivity index (χ0v) is 21.4. The number of nitrogens with zero attached hydrogens (tertiary/aromatic N) is 1. The number of primary amides is 1. The van der Waals surface area contributed by atoms with Gasteiger partial charge in [0.05, 0.1) is 12.1 Å². The fourth-order valence-electron chi connectivity index (χ4n) is 7.35. The topological polar surface area (TPSA) is 136 Å². The molecule has 4 aliphatic rings. The Kier molecular flexibility index (Phi) is 5.94. The third-order valence-electron chi connectivity index (χ3n) is 10.3. The molecule has 1 heterocycles. The lowest BCUT2D eigenvalue weighted by molar-refractivity contribution is -0.143. The average Bonchev–Trinajstić information content (AvgIpc) is 2.94. The Morgan fingerprint density at radius 1 is 1.06 bits per heavy atom. The number of fused-ring (bicyclic) bond motifs is 1. The lowest BCUT2D eigenvalue weighted by Gasteiger charge is -2.34. The van der Waals surface area contributed by atoms with Gasteiger partial charge in [-0.15, -0.1) is 0 Å². The van der Waals surface area contributed by atoms with E-state index in [1.54, 1.807) is 4.90 Å². The highest BCUT2D eigenvalue weighted by Crippen LogP contribution is 2.88. The second-order valence-corrected chi connectivity index (χ2v) is 13.0. The van der Waals surface area contributed by atoms with Crippen molar-refractivity contribution in [1.29, 1.82) is 0 Å². The maximum atomic E-state index is 13.7. The van der Waals surface area contributed by atoms with E-state index in [0.29, 0.717) is 25.3 Å². The van der Waals surface area contributed by atoms with Gasteiger partial charge in [0.15, 0.2) is 0 Å². The summed E-state index contributed by atoms with van der Waals surface area (Å²) < 4.78 is 0. The highest BCUT2D eigenvalue weighted by Gasteiger charge is 2.85. The number of amides is 3. The second kappa shape index (κ2) is 8.04. The van der Waals surface area contributed by atoms with E-state index in [2.05, 4.69) is 19.2 Å². The first-order chi connectivity index (χ1) is 15.7. The molecule has 4 rings (SSSR count). The van der Waals surface area contributed by atoms with E-state index >= 15 is 0 Å². The monoisotopic (exact) mass is 474 g/mol. The van der Waals surface area contributed by atoms with Gasteiger partial charge in [0.25, 0.3) is 5.91 Å². The molecule has 3 amide bonds. The Morgan fingerprint density at radius 2 is 1.68 bits per heavy atom. The third kappa shape index (κ3) is 3.50. The van der Waals surface area contributed by atoms with Crippen LogP contribution >= 0.6 is 0 Å². The average molecular weight is 475 g/mol. The molecule has 3 saturated carbocycles. The van der Waals surface area contributed by atoms with Crippen molar-refractivity contribution in [3.05, 3.63) is 0 Å². The minimum Gasteiger partial charge on any atom is -0.363 e. The van der Waals surface area contributed by atoms with Crippen LogP contribution in [0.25, 0.3) is 0 Å². The quantitative estimate of drug-likeness (QED) is 0.484. The van der Waals surface area contributed by atoms with E-state index in [1.165, 1.54) is 6.42 Å². The Labute approximate surface area is 202 Å². The lowest BCUT2D eigenvalue weighted by atomic mass is 9.73. The molecular weight excluding hydrogens is 432 g/mol. The minimum absolute atomic E-state index is 0.0337. The molecule has 0 aromatic rings. The summed E-state index contributed by atoms with van der Waals surface area (Å²) in [5.74, 6) is -2.09. The number of rotatable bonds is 7. The number of ketones is 1. The normalized spacial score (nSPS) is 30.9. The van der Waals surface area contributed by atoms with Crippen LogP contribution in [0, 0.1) is 27.6 Å². The molecule has 34 heavy (non-hydrogen) atoms. The van der Waals surface area contributed by atoms with E-state index in [0.717, 1.165) is 32.1 Å². The van der Waals surface area contributed by atoms with Crippen molar-refractivity contribution in [3.63, 3.8) is 0 Å². The van der Waals surface area contributed by atoms with E-state index in [9.17, 15) is 19.2 Å². The molecule has 1 aliphatic heterocycles. The molecule has 190 valence electrons. The van der Waals surface area contributed by atoms with Crippen molar-refractivity contribution in [2.24, 2.45) is 39.0 Å². The zero-order chi connectivity index (χ0) is 25.3. The number of Topliss-reactive ketones (excluding diaryl/α,β-unsaturated/α-hetero) is 1. The van der Waals surface area contributed by atoms with Gasteiger partial charge in [0.1, 0.15) is 6.04 Å². The van der Waals surface area contributed by atoms with Crippen LogP contribution < -0.4 is 16.8 Å². The van der Waals surface area contributed by atoms with Gasteiger partial charge < -0.3 is 21.7 Å². The number of likely N-dealkylation sites (tertiary alicyclic amines) is 1. The first kappa shape index (κ1) is 25.1. The van der Waals surface area contributed by atoms with Gasteiger partial charge >= 0.3 is 0 Å².